The van der Waals surface area contributed by atoms with Crippen LogP contribution in [0.4, 0.5) is 5.69 Å². The van der Waals surface area contributed by atoms with Crippen LogP contribution in [0.15, 0.2) is 60.7 Å². The second kappa shape index (κ2) is 9.26. The standard InChI is InChI=1S/C25H25NO3S/c1-17(29-25(28)23-16-19-12-6-3-7-15-22(19)30-23)24(27)26-21-14-9-8-13-20(21)18-10-4-2-5-11-18/h2,4-5,8-11,13-14,16-17H,3,6-7,12,15H2,1H3,(H,26,27)/t17-/m1/s1. The van der Waals surface area contributed by atoms with Crippen LogP contribution in [0.5, 0.6) is 0 Å². The molecule has 0 fully saturated rings. The minimum absolute atomic E-state index is 0.343. The fraction of sp³-hybridized carbons (Fsp3) is 0.280. The van der Waals surface area contributed by atoms with Crippen LogP contribution in [0.2, 0.25) is 0 Å². The fourth-order valence-electron chi connectivity index (χ4n) is 3.74. The van der Waals surface area contributed by atoms with E-state index in [1.54, 1.807) is 6.92 Å². The Kier molecular flexibility index (Phi) is 6.29. The number of hydrogen-bond donors (Lipinski definition) is 1. The molecule has 1 N–H and O–H groups in total. The molecule has 0 unspecified atom stereocenters. The Labute approximate surface area is 180 Å². The molecule has 4 rings (SSSR count). The third-order valence-electron chi connectivity index (χ3n) is 5.37. The summed E-state index contributed by atoms with van der Waals surface area (Å²) in [7, 11) is 0. The van der Waals surface area contributed by atoms with Gasteiger partial charge in [0.2, 0.25) is 0 Å². The molecule has 0 saturated carbocycles. The van der Waals surface area contributed by atoms with Gasteiger partial charge in [-0.3, -0.25) is 4.79 Å². The number of aryl methyl sites for hydroxylation is 2. The van der Waals surface area contributed by atoms with Crippen LogP contribution in [0, 0.1) is 0 Å². The van der Waals surface area contributed by atoms with Crippen molar-refractivity contribution in [3.8, 4) is 11.1 Å². The molecule has 0 bridgehead atoms. The smallest absolute Gasteiger partial charge is 0.349 e. The first kappa shape index (κ1) is 20.4. The van der Waals surface area contributed by atoms with E-state index in [9.17, 15) is 9.59 Å². The predicted molar refractivity (Wildman–Crippen MR) is 121 cm³/mol. The SMILES string of the molecule is C[C@@H](OC(=O)c1cc2c(s1)CCCCC2)C(=O)Nc1ccccc1-c1ccccc1. The molecule has 1 heterocycles. The van der Waals surface area contributed by atoms with E-state index in [1.165, 1.54) is 34.6 Å². The van der Waals surface area contributed by atoms with Crippen LogP contribution in [0.25, 0.3) is 11.1 Å². The number of rotatable bonds is 5. The second-order valence-corrected chi connectivity index (χ2v) is 8.70. The highest BCUT2D eigenvalue weighted by Gasteiger charge is 2.23. The molecule has 154 valence electrons. The minimum Gasteiger partial charge on any atom is -0.448 e. The Bertz CT molecular complexity index is 1020. The van der Waals surface area contributed by atoms with Crippen molar-refractivity contribution in [1.29, 1.82) is 0 Å². The third-order valence-corrected chi connectivity index (χ3v) is 6.59. The zero-order valence-electron chi connectivity index (χ0n) is 17.0. The lowest BCUT2D eigenvalue weighted by Gasteiger charge is -2.15. The van der Waals surface area contributed by atoms with Gasteiger partial charge in [0.05, 0.1) is 0 Å². The van der Waals surface area contributed by atoms with E-state index in [-0.39, 0.29) is 5.91 Å². The minimum atomic E-state index is -0.886. The molecule has 0 radical (unpaired) electrons. The summed E-state index contributed by atoms with van der Waals surface area (Å²) < 4.78 is 5.48. The number of esters is 1. The Balaban J connectivity index is 1.43. The van der Waals surface area contributed by atoms with Crippen molar-refractivity contribution in [2.75, 3.05) is 5.32 Å². The van der Waals surface area contributed by atoms with Crippen molar-refractivity contribution < 1.29 is 14.3 Å². The maximum absolute atomic E-state index is 12.7. The van der Waals surface area contributed by atoms with Gasteiger partial charge in [-0.2, -0.15) is 0 Å². The summed E-state index contributed by atoms with van der Waals surface area (Å²) in [6.45, 7) is 1.61. The number of fused-ring (bicyclic) bond motifs is 1. The van der Waals surface area contributed by atoms with E-state index in [1.807, 2.05) is 60.7 Å². The van der Waals surface area contributed by atoms with E-state index in [2.05, 4.69) is 5.32 Å². The van der Waals surface area contributed by atoms with Gasteiger partial charge in [-0.15, -0.1) is 11.3 Å². The number of amides is 1. The first-order chi connectivity index (χ1) is 14.6. The Morgan fingerprint density at radius 1 is 0.967 bits per heavy atom. The van der Waals surface area contributed by atoms with Crippen LogP contribution >= 0.6 is 11.3 Å². The highest BCUT2D eigenvalue weighted by Crippen LogP contribution is 2.30. The van der Waals surface area contributed by atoms with Gasteiger partial charge >= 0.3 is 5.97 Å². The average molecular weight is 420 g/mol. The molecule has 3 aromatic rings. The van der Waals surface area contributed by atoms with Gasteiger partial charge in [-0.05, 0) is 55.9 Å². The molecule has 1 atom stereocenters. The lowest BCUT2D eigenvalue weighted by molar-refractivity contribution is -0.123. The summed E-state index contributed by atoms with van der Waals surface area (Å²) in [4.78, 5) is 27.2. The Morgan fingerprint density at radius 2 is 1.70 bits per heavy atom. The molecule has 0 spiro atoms. The first-order valence-corrected chi connectivity index (χ1v) is 11.2. The van der Waals surface area contributed by atoms with E-state index < -0.39 is 12.1 Å². The topological polar surface area (TPSA) is 55.4 Å². The lowest BCUT2D eigenvalue weighted by Crippen LogP contribution is -2.30. The normalized spacial score (nSPS) is 14.3. The molecule has 4 nitrogen and oxygen atoms in total. The van der Waals surface area contributed by atoms with Crippen molar-refractivity contribution in [3.05, 3.63) is 76.0 Å². The number of nitrogens with one attached hydrogen (secondary N) is 1. The van der Waals surface area contributed by atoms with Crippen LogP contribution in [0.1, 0.15) is 46.3 Å². The van der Waals surface area contributed by atoms with Gasteiger partial charge in [0.1, 0.15) is 4.88 Å². The maximum Gasteiger partial charge on any atom is 0.349 e. The van der Waals surface area contributed by atoms with Crippen LogP contribution in [-0.4, -0.2) is 18.0 Å². The van der Waals surface area contributed by atoms with E-state index in [0.29, 0.717) is 10.6 Å². The molecule has 1 aliphatic rings. The fourth-order valence-corrected chi connectivity index (χ4v) is 4.87. The van der Waals surface area contributed by atoms with Crippen molar-refractivity contribution in [2.45, 2.75) is 45.1 Å². The molecule has 30 heavy (non-hydrogen) atoms. The molecule has 1 amide bonds. The quantitative estimate of drug-likeness (QED) is 0.416. The monoisotopic (exact) mass is 419 g/mol. The van der Waals surface area contributed by atoms with Crippen LogP contribution in [-0.2, 0) is 22.4 Å². The number of para-hydroxylation sites is 1. The lowest BCUT2D eigenvalue weighted by atomic mass is 10.0. The second-order valence-electron chi connectivity index (χ2n) is 7.57. The van der Waals surface area contributed by atoms with Crippen LogP contribution < -0.4 is 5.32 Å². The molecular weight excluding hydrogens is 394 g/mol. The number of benzene rings is 2. The average Bonchev–Trinajstić information content (AvgIpc) is 3.05. The summed E-state index contributed by atoms with van der Waals surface area (Å²) >= 11 is 1.51. The van der Waals surface area contributed by atoms with Crippen molar-refractivity contribution in [1.82, 2.24) is 0 Å². The number of ether oxygens (including phenoxy) is 1. The Hall–Kier alpha value is -2.92. The predicted octanol–water partition coefficient (Wildman–Crippen LogP) is 5.87. The number of carbonyl (C=O) groups is 2. The molecule has 2 aromatic carbocycles. The molecular formula is C25H25NO3S. The van der Waals surface area contributed by atoms with Gasteiger partial charge in [-0.25, -0.2) is 4.79 Å². The van der Waals surface area contributed by atoms with Crippen molar-refractivity contribution in [2.24, 2.45) is 0 Å². The summed E-state index contributed by atoms with van der Waals surface area (Å²) in [6, 6.07) is 19.4. The highest BCUT2D eigenvalue weighted by atomic mass is 32.1. The number of carbonyl (C=O) groups excluding carboxylic acids is 2. The van der Waals surface area contributed by atoms with Gasteiger partial charge in [0, 0.05) is 16.1 Å². The molecule has 1 aliphatic carbocycles. The van der Waals surface area contributed by atoms with Crippen LogP contribution in [0.3, 0.4) is 0 Å². The maximum atomic E-state index is 12.7. The summed E-state index contributed by atoms with van der Waals surface area (Å²) in [5.41, 5.74) is 3.89. The third kappa shape index (κ3) is 4.62. The van der Waals surface area contributed by atoms with E-state index in [4.69, 9.17) is 4.74 Å². The highest BCUT2D eigenvalue weighted by molar-refractivity contribution is 7.14. The van der Waals surface area contributed by atoms with Gasteiger partial charge in [-0.1, -0.05) is 55.0 Å². The van der Waals surface area contributed by atoms with E-state index >= 15 is 0 Å². The summed E-state index contributed by atoms with van der Waals surface area (Å²) in [6.07, 6.45) is 4.73. The summed E-state index contributed by atoms with van der Waals surface area (Å²) in [5.74, 6) is -0.767. The van der Waals surface area contributed by atoms with Gasteiger partial charge in [0.15, 0.2) is 6.10 Å². The molecule has 0 aliphatic heterocycles. The zero-order valence-corrected chi connectivity index (χ0v) is 17.8. The Morgan fingerprint density at radius 3 is 2.53 bits per heavy atom. The number of anilines is 1. The van der Waals surface area contributed by atoms with Gasteiger partial charge in [0.25, 0.3) is 5.91 Å². The number of hydrogen-bond acceptors (Lipinski definition) is 4. The molecule has 0 saturated heterocycles. The van der Waals surface area contributed by atoms with Gasteiger partial charge < -0.3 is 10.1 Å². The molecule has 5 heteroatoms. The number of thiophene rings is 1. The first-order valence-electron chi connectivity index (χ1n) is 10.4. The zero-order chi connectivity index (χ0) is 20.9. The van der Waals surface area contributed by atoms with Crippen molar-refractivity contribution >= 4 is 28.9 Å². The summed E-state index contributed by atoms with van der Waals surface area (Å²) in [5, 5.41) is 2.91. The molecule has 1 aromatic heterocycles. The largest absolute Gasteiger partial charge is 0.448 e. The van der Waals surface area contributed by atoms with Crippen molar-refractivity contribution in [3.63, 3.8) is 0 Å². The van der Waals surface area contributed by atoms with E-state index in [0.717, 1.165) is 30.4 Å².